The Hall–Kier alpha value is -3.38. The summed E-state index contributed by atoms with van der Waals surface area (Å²) in [5, 5.41) is 3.36. The van der Waals surface area contributed by atoms with Gasteiger partial charge in [0.25, 0.3) is 0 Å². The number of nitrogens with one attached hydrogen (secondary N) is 1. The van der Waals surface area contributed by atoms with E-state index in [1.807, 2.05) is 28.8 Å². The van der Waals surface area contributed by atoms with E-state index in [0.29, 0.717) is 22.9 Å². The van der Waals surface area contributed by atoms with E-state index in [4.69, 9.17) is 16.3 Å². The number of carbonyl (C=O) groups excluding carboxylic acids is 1. The highest BCUT2D eigenvalue weighted by Crippen LogP contribution is 2.29. The van der Waals surface area contributed by atoms with Crippen molar-refractivity contribution in [3.05, 3.63) is 83.4 Å². The third kappa shape index (κ3) is 4.14. The summed E-state index contributed by atoms with van der Waals surface area (Å²) in [6.45, 7) is 0. The standard InChI is InChI=1S/C23H19ClFN3O2/c1-30-20-11-7-16(24)14-18(20)26-22(29)12-10-19-23(15-5-8-17(25)9-6-15)27-21-4-2-3-13-28(19)21/h2-9,11,13-14H,10,12H2,1H3,(H,26,29). The number of benzene rings is 2. The van der Waals surface area contributed by atoms with E-state index in [0.717, 1.165) is 22.6 Å². The van der Waals surface area contributed by atoms with Crippen molar-refractivity contribution in [3.8, 4) is 17.0 Å². The lowest BCUT2D eigenvalue weighted by molar-refractivity contribution is -0.116. The first kappa shape index (κ1) is 19.9. The number of hydrogen-bond acceptors (Lipinski definition) is 3. The van der Waals surface area contributed by atoms with E-state index in [9.17, 15) is 9.18 Å². The number of aryl methyl sites for hydroxylation is 1. The number of aromatic nitrogens is 2. The lowest BCUT2D eigenvalue weighted by atomic mass is 10.1. The molecule has 0 spiro atoms. The van der Waals surface area contributed by atoms with Crippen LogP contribution in [-0.2, 0) is 11.2 Å². The Morgan fingerprint density at radius 2 is 1.97 bits per heavy atom. The van der Waals surface area contributed by atoms with Crippen molar-refractivity contribution >= 4 is 28.8 Å². The van der Waals surface area contributed by atoms with Gasteiger partial charge in [0.2, 0.25) is 5.91 Å². The van der Waals surface area contributed by atoms with Gasteiger partial charge in [-0.25, -0.2) is 9.37 Å². The molecule has 30 heavy (non-hydrogen) atoms. The molecule has 2 aromatic heterocycles. The Kier molecular flexibility index (Phi) is 5.68. The van der Waals surface area contributed by atoms with Gasteiger partial charge in [-0.15, -0.1) is 0 Å². The third-order valence-corrected chi connectivity index (χ3v) is 5.01. The van der Waals surface area contributed by atoms with E-state index < -0.39 is 0 Å². The van der Waals surface area contributed by atoms with E-state index >= 15 is 0 Å². The number of hydrogen-bond donors (Lipinski definition) is 1. The van der Waals surface area contributed by atoms with Crippen LogP contribution in [0.15, 0.2) is 66.9 Å². The number of ether oxygens (including phenoxy) is 1. The number of anilines is 1. The van der Waals surface area contributed by atoms with Gasteiger partial charge in [0.15, 0.2) is 0 Å². The summed E-state index contributed by atoms with van der Waals surface area (Å²) in [7, 11) is 1.53. The molecule has 152 valence electrons. The van der Waals surface area contributed by atoms with Gasteiger partial charge < -0.3 is 14.5 Å². The number of rotatable bonds is 6. The average Bonchev–Trinajstić information content (AvgIpc) is 3.11. The minimum atomic E-state index is -0.307. The van der Waals surface area contributed by atoms with E-state index in [-0.39, 0.29) is 18.1 Å². The predicted molar refractivity (Wildman–Crippen MR) is 116 cm³/mol. The summed E-state index contributed by atoms with van der Waals surface area (Å²) in [6, 6.07) is 16.9. The molecule has 0 bridgehead atoms. The number of carbonyl (C=O) groups is 1. The molecular weight excluding hydrogens is 405 g/mol. The van der Waals surface area contributed by atoms with Gasteiger partial charge in [-0.05, 0) is 61.0 Å². The molecule has 4 rings (SSSR count). The second-order valence-corrected chi connectivity index (χ2v) is 7.17. The molecule has 1 N–H and O–H groups in total. The van der Waals surface area contributed by atoms with Crippen molar-refractivity contribution in [2.24, 2.45) is 0 Å². The van der Waals surface area contributed by atoms with Gasteiger partial charge >= 0.3 is 0 Å². The van der Waals surface area contributed by atoms with Gasteiger partial charge in [0.1, 0.15) is 17.2 Å². The molecule has 0 fully saturated rings. The van der Waals surface area contributed by atoms with Crippen LogP contribution < -0.4 is 10.1 Å². The lowest BCUT2D eigenvalue weighted by Gasteiger charge is -2.11. The zero-order valence-electron chi connectivity index (χ0n) is 16.2. The van der Waals surface area contributed by atoms with Gasteiger partial charge in [-0.3, -0.25) is 4.79 Å². The van der Waals surface area contributed by atoms with Crippen LogP contribution in [0.4, 0.5) is 10.1 Å². The lowest BCUT2D eigenvalue weighted by Crippen LogP contribution is -2.14. The zero-order valence-corrected chi connectivity index (χ0v) is 17.0. The highest BCUT2D eigenvalue weighted by Gasteiger charge is 2.16. The summed E-state index contributed by atoms with van der Waals surface area (Å²) in [5.74, 6) is 0.0555. The molecule has 0 unspecified atom stereocenters. The van der Waals surface area contributed by atoms with Crippen LogP contribution in [0, 0.1) is 5.82 Å². The molecule has 5 nitrogen and oxygen atoms in total. The number of amides is 1. The van der Waals surface area contributed by atoms with E-state index in [1.165, 1.54) is 19.2 Å². The monoisotopic (exact) mass is 423 g/mol. The van der Waals surface area contributed by atoms with Crippen LogP contribution in [0.2, 0.25) is 5.02 Å². The molecule has 0 radical (unpaired) electrons. The molecule has 0 saturated heterocycles. The van der Waals surface area contributed by atoms with Crippen molar-refractivity contribution in [2.45, 2.75) is 12.8 Å². The van der Waals surface area contributed by atoms with Crippen LogP contribution in [-0.4, -0.2) is 22.4 Å². The quantitative estimate of drug-likeness (QED) is 0.453. The smallest absolute Gasteiger partial charge is 0.224 e. The number of fused-ring (bicyclic) bond motifs is 1. The highest BCUT2D eigenvalue weighted by molar-refractivity contribution is 6.31. The minimum absolute atomic E-state index is 0.175. The van der Waals surface area contributed by atoms with Crippen molar-refractivity contribution in [1.82, 2.24) is 9.38 Å². The number of pyridine rings is 1. The molecule has 0 aliphatic heterocycles. The van der Waals surface area contributed by atoms with Crippen molar-refractivity contribution in [3.63, 3.8) is 0 Å². The Labute approximate surface area is 178 Å². The van der Waals surface area contributed by atoms with Crippen LogP contribution in [0.1, 0.15) is 12.1 Å². The first-order valence-corrected chi connectivity index (χ1v) is 9.78. The first-order valence-electron chi connectivity index (χ1n) is 9.40. The molecule has 2 heterocycles. The molecule has 0 atom stereocenters. The largest absolute Gasteiger partial charge is 0.495 e. The van der Waals surface area contributed by atoms with Gasteiger partial charge in [-0.1, -0.05) is 17.7 Å². The maximum Gasteiger partial charge on any atom is 0.224 e. The van der Waals surface area contributed by atoms with E-state index in [1.54, 1.807) is 30.3 Å². The van der Waals surface area contributed by atoms with E-state index in [2.05, 4.69) is 10.3 Å². The maximum atomic E-state index is 13.4. The third-order valence-electron chi connectivity index (χ3n) is 4.77. The average molecular weight is 424 g/mol. The van der Waals surface area contributed by atoms with Crippen LogP contribution in [0.5, 0.6) is 5.75 Å². The van der Waals surface area contributed by atoms with Crippen LogP contribution in [0.25, 0.3) is 16.9 Å². The van der Waals surface area contributed by atoms with Crippen LogP contribution >= 0.6 is 11.6 Å². The number of halogens is 2. The second kappa shape index (κ2) is 8.55. The molecule has 7 heteroatoms. The number of nitrogens with zero attached hydrogens (tertiary/aromatic N) is 2. The van der Waals surface area contributed by atoms with Crippen molar-refractivity contribution in [2.75, 3.05) is 12.4 Å². The Morgan fingerprint density at radius 1 is 1.17 bits per heavy atom. The summed E-state index contributed by atoms with van der Waals surface area (Å²) >= 11 is 6.04. The van der Waals surface area contributed by atoms with Crippen molar-refractivity contribution in [1.29, 1.82) is 0 Å². The van der Waals surface area contributed by atoms with Crippen molar-refractivity contribution < 1.29 is 13.9 Å². The topological polar surface area (TPSA) is 55.6 Å². The Morgan fingerprint density at radius 3 is 2.73 bits per heavy atom. The number of methoxy groups -OCH3 is 1. The highest BCUT2D eigenvalue weighted by atomic mass is 35.5. The molecule has 0 saturated carbocycles. The maximum absolute atomic E-state index is 13.4. The van der Waals surface area contributed by atoms with Gasteiger partial charge in [-0.2, -0.15) is 0 Å². The molecule has 4 aromatic rings. The van der Waals surface area contributed by atoms with Crippen LogP contribution in [0.3, 0.4) is 0 Å². The fourth-order valence-corrected chi connectivity index (χ4v) is 3.52. The fraction of sp³-hybridized carbons (Fsp3) is 0.130. The molecule has 0 aliphatic carbocycles. The number of imidazole rings is 1. The summed E-state index contributed by atoms with van der Waals surface area (Å²) in [5.41, 5.74) is 3.70. The Balaban J connectivity index is 1.59. The van der Waals surface area contributed by atoms with Gasteiger partial charge in [0.05, 0.1) is 24.2 Å². The molecule has 0 aliphatic rings. The normalized spacial score (nSPS) is 10.9. The Bertz CT molecular complexity index is 1210. The molecule has 1 amide bonds. The first-order chi connectivity index (χ1) is 14.5. The second-order valence-electron chi connectivity index (χ2n) is 6.74. The summed E-state index contributed by atoms with van der Waals surface area (Å²) < 4.78 is 20.6. The summed E-state index contributed by atoms with van der Waals surface area (Å²) in [6.07, 6.45) is 2.59. The predicted octanol–water partition coefficient (Wildman–Crippen LogP) is 5.37. The zero-order chi connectivity index (χ0) is 21.1. The molecule has 2 aromatic carbocycles. The summed E-state index contributed by atoms with van der Waals surface area (Å²) in [4.78, 5) is 17.3. The van der Waals surface area contributed by atoms with Gasteiger partial charge in [0, 0.05) is 23.2 Å². The SMILES string of the molecule is COc1ccc(Cl)cc1NC(=O)CCc1c(-c2ccc(F)cc2)nc2ccccn12. The fourth-order valence-electron chi connectivity index (χ4n) is 3.35. The minimum Gasteiger partial charge on any atom is -0.495 e. The molecular formula is C23H19ClFN3O2.